The number of nitrogens with zero attached hydrogens (tertiary/aromatic N) is 1. The molecule has 0 aliphatic rings. The Bertz CT molecular complexity index is 369. The minimum Gasteiger partial charge on any atom is -0.384 e. The predicted molar refractivity (Wildman–Crippen MR) is 64.9 cm³/mol. The molecule has 1 aromatic heterocycles. The van der Waals surface area contributed by atoms with E-state index in [1.54, 1.807) is 12.3 Å². The van der Waals surface area contributed by atoms with E-state index in [1.165, 1.54) is 0 Å². The van der Waals surface area contributed by atoms with Crippen LogP contribution in [0.5, 0.6) is 0 Å². The molecule has 0 fully saturated rings. The van der Waals surface area contributed by atoms with Gasteiger partial charge in [-0.25, -0.2) is 4.98 Å². The van der Waals surface area contributed by atoms with Gasteiger partial charge in [0, 0.05) is 24.6 Å². The average Bonchev–Trinajstić information content (AvgIpc) is 2.14. The number of carbonyl (C=O) groups is 1. The Morgan fingerprint density at radius 2 is 2.19 bits per heavy atom. The summed E-state index contributed by atoms with van der Waals surface area (Å²) in [7, 11) is 0. The summed E-state index contributed by atoms with van der Waals surface area (Å²) in [5.41, 5.74) is 12.0. The molecule has 4 N–H and O–H groups in total. The Morgan fingerprint density at radius 1 is 1.50 bits per heavy atom. The monoisotopic (exact) mass is 221 g/mol. The van der Waals surface area contributed by atoms with Gasteiger partial charge in [0.25, 0.3) is 0 Å². The van der Waals surface area contributed by atoms with Crippen molar-refractivity contribution in [2.75, 3.05) is 5.73 Å². The maximum atomic E-state index is 11.7. The third kappa shape index (κ3) is 4.89. The average molecular weight is 221 g/mol. The van der Waals surface area contributed by atoms with Crippen molar-refractivity contribution in [3.8, 4) is 0 Å². The lowest BCUT2D eigenvalue weighted by molar-refractivity contribution is -0.118. The van der Waals surface area contributed by atoms with Gasteiger partial charge in [-0.1, -0.05) is 0 Å². The highest BCUT2D eigenvalue weighted by atomic mass is 16.1. The zero-order chi connectivity index (χ0) is 12.2. The molecule has 0 saturated carbocycles. The molecule has 0 bridgehead atoms. The lowest BCUT2D eigenvalue weighted by atomic mass is 9.96. The number of nitrogen functional groups attached to an aromatic ring is 1. The largest absolute Gasteiger partial charge is 0.384 e. The van der Waals surface area contributed by atoms with Crippen LogP contribution in [0.25, 0.3) is 0 Å². The minimum absolute atomic E-state index is 0.184. The first-order valence-corrected chi connectivity index (χ1v) is 5.38. The van der Waals surface area contributed by atoms with Crippen LogP contribution in [0, 0.1) is 0 Å². The van der Waals surface area contributed by atoms with Gasteiger partial charge in [0.15, 0.2) is 0 Å². The standard InChI is InChI=1S/C12H19N3O/c1-12(2,14)5-3-10(16)7-9-4-6-15-11(13)8-9/h4,6,8H,3,5,7,14H2,1-2H3,(H2,13,15). The minimum atomic E-state index is -0.285. The van der Waals surface area contributed by atoms with Crippen molar-refractivity contribution in [2.45, 2.75) is 38.6 Å². The number of Topliss-reactive ketones (excluding diaryl/α,β-unsaturated/α-hetero) is 1. The van der Waals surface area contributed by atoms with E-state index in [0.29, 0.717) is 25.1 Å². The van der Waals surface area contributed by atoms with Crippen LogP contribution in [-0.4, -0.2) is 16.3 Å². The van der Waals surface area contributed by atoms with Crippen LogP contribution >= 0.6 is 0 Å². The molecule has 1 rings (SSSR count). The van der Waals surface area contributed by atoms with Crippen LogP contribution in [0.15, 0.2) is 18.3 Å². The van der Waals surface area contributed by atoms with Crippen LogP contribution < -0.4 is 11.5 Å². The second-order valence-corrected chi connectivity index (χ2v) is 4.79. The summed E-state index contributed by atoms with van der Waals surface area (Å²) in [6.45, 7) is 3.84. The first kappa shape index (κ1) is 12.6. The molecule has 1 aromatic rings. The smallest absolute Gasteiger partial charge is 0.137 e. The van der Waals surface area contributed by atoms with E-state index in [-0.39, 0.29) is 11.3 Å². The number of aromatic nitrogens is 1. The predicted octanol–water partition coefficient (Wildman–Crippen LogP) is 1.29. The molecule has 0 saturated heterocycles. The van der Waals surface area contributed by atoms with Gasteiger partial charge in [-0.3, -0.25) is 4.79 Å². The van der Waals surface area contributed by atoms with Crippen molar-refractivity contribution in [3.05, 3.63) is 23.9 Å². The van der Waals surface area contributed by atoms with Gasteiger partial charge in [-0.2, -0.15) is 0 Å². The van der Waals surface area contributed by atoms with E-state index in [2.05, 4.69) is 4.98 Å². The van der Waals surface area contributed by atoms with E-state index < -0.39 is 0 Å². The number of hydrogen-bond acceptors (Lipinski definition) is 4. The van der Waals surface area contributed by atoms with E-state index in [1.807, 2.05) is 19.9 Å². The number of ketones is 1. The van der Waals surface area contributed by atoms with E-state index in [4.69, 9.17) is 11.5 Å². The summed E-state index contributed by atoms with van der Waals surface area (Å²) in [6, 6.07) is 3.54. The zero-order valence-electron chi connectivity index (χ0n) is 9.86. The molecule has 0 aliphatic carbocycles. The fourth-order valence-corrected chi connectivity index (χ4v) is 1.38. The molecule has 4 nitrogen and oxygen atoms in total. The summed E-state index contributed by atoms with van der Waals surface area (Å²) in [4.78, 5) is 15.5. The molecular formula is C12H19N3O. The van der Waals surface area contributed by atoms with E-state index >= 15 is 0 Å². The normalized spacial score (nSPS) is 11.4. The fourth-order valence-electron chi connectivity index (χ4n) is 1.38. The van der Waals surface area contributed by atoms with Crippen molar-refractivity contribution in [1.29, 1.82) is 0 Å². The first-order valence-electron chi connectivity index (χ1n) is 5.38. The molecule has 0 spiro atoms. The van der Waals surface area contributed by atoms with Crippen molar-refractivity contribution < 1.29 is 4.79 Å². The van der Waals surface area contributed by atoms with Gasteiger partial charge in [-0.05, 0) is 38.0 Å². The maximum Gasteiger partial charge on any atom is 0.137 e. The maximum absolute atomic E-state index is 11.7. The number of carbonyl (C=O) groups excluding carboxylic acids is 1. The highest BCUT2D eigenvalue weighted by Crippen LogP contribution is 2.10. The molecule has 0 atom stereocenters. The number of rotatable bonds is 5. The van der Waals surface area contributed by atoms with Crippen molar-refractivity contribution in [1.82, 2.24) is 4.98 Å². The second-order valence-electron chi connectivity index (χ2n) is 4.79. The Morgan fingerprint density at radius 3 is 2.75 bits per heavy atom. The number of nitrogens with two attached hydrogens (primary N) is 2. The second kappa shape index (κ2) is 5.07. The highest BCUT2D eigenvalue weighted by molar-refractivity contribution is 5.81. The highest BCUT2D eigenvalue weighted by Gasteiger charge is 2.13. The van der Waals surface area contributed by atoms with Crippen LogP contribution in [0.2, 0.25) is 0 Å². The Kier molecular flexibility index (Phi) is 4.01. The topological polar surface area (TPSA) is 82.0 Å². The molecule has 16 heavy (non-hydrogen) atoms. The molecule has 0 amide bonds. The third-order valence-electron chi connectivity index (χ3n) is 2.29. The van der Waals surface area contributed by atoms with Crippen LogP contribution in [0.3, 0.4) is 0 Å². The van der Waals surface area contributed by atoms with Crippen molar-refractivity contribution >= 4 is 11.6 Å². The van der Waals surface area contributed by atoms with Gasteiger partial charge in [0.1, 0.15) is 11.6 Å². The molecule has 0 aromatic carbocycles. The molecule has 1 heterocycles. The summed E-state index contributed by atoms with van der Waals surface area (Å²) in [5.74, 6) is 0.633. The van der Waals surface area contributed by atoms with Gasteiger partial charge in [0.05, 0.1) is 0 Å². The quantitative estimate of drug-likeness (QED) is 0.785. The Hall–Kier alpha value is -1.42. The number of hydrogen-bond donors (Lipinski definition) is 2. The molecular weight excluding hydrogens is 202 g/mol. The van der Waals surface area contributed by atoms with Crippen LogP contribution in [0.1, 0.15) is 32.3 Å². The molecule has 4 heteroatoms. The molecule has 0 radical (unpaired) electrons. The van der Waals surface area contributed by atoms with Crippen molar-refractivity contribution in [3.63, 3.8) is 0 Å². The fraction of sp³-hybridized carbons (Fsp3) is 0.500. The molecule has 0 unspecified atom stereocenters. The third-order valence-corrected chi connectivity index (χ3v) is 2.29. The molecule has 88 valence electrons. The summed E-state index contributed by atoms with van der Waals surface area (Å²) < 4.78 is 0. The SMILES string of the molecule is CC(C)(N)CCC(=O)Cc1ccnc(N)c1. The van der Waals surface area contributed by atoms with E-state index in [0.717, 1.165) is 5.56 Å². The van der Waals surface area contributed by atoms with Crippen LogP contribution in [0.4, 0.5) is 5.82 Å². The lowest BCUT2D eigenvalue weighted by Crippen LogP contribution is -2.32. The molecule has 0 aliphatic heterocycles. The summed E-state index contributed by atoms with van der Waals surface area (Å²) in [6.07, 6.45) is 3.23. The summed E-state index contributed by atoms with van der Waals surface area (Å²) in [5, 5.41) is 0. The number of anilines is 1. The van der Waals surface area contributed by atoms with Crippen molar-refractivity contribution in [2.24, 2.45) is 5.73 Å². The number of pyridine rings is 1. The van der Waals surface area contributed by atoms with E-state index in [9.17, 15) is 4.79 Å². The van der Waals surface area contributed by atoms with Gasteiger partial charge in [0.2, 0.25) is 0 Å². The lowest BCUT2D eigenvalue weighted by Gasteiger charge is -2.17. The Labute approximate surface area is 96.0 Å². The van der Waals surface area contributed by atoms with Gasteiger partial charge in [-0.15, -0.1) is 0 Å². The summed E-state index contributed by atoms with van der Waals surface area (Å²) >= 11 is 0. The van der Waals surface area contributed by atoms with Gasteiger partial charge >= 0.3 is 0 Å². The first-order chi connectivity index (χ1) is 7.37. The Balaban J connectivity index is 2.46. The van der Waals surface area contributed by atoms with Gasteiger partial charge < -0.3 is 11.5 Å². The zero-order valence-corrected chi connectivity index (χ0v) is 9.86. The van der Waals surface area contributed by atoms with Crippen LogP contribution in [-0.2, 0) is 11.2 Å².